The Kier molecular flexibility index (Phi) is 2.95. The van der Waals surface area contributed by atoms with Crippen LogP contribution in [0.2, 0.25) is 19.6 Å². The Balaban J connectivity index is 2.86. The van der Waals surface area contributed by atoms with E-state index < -0.39 is 8.32 Å². The van der Waals surface area contributed by atoms with E-state index in [1.807, 2.05) is 19.6 Å². The van der Waals surface area contributed by atoms with Crippen LogP contribution in [-0.2, 0) is 4.43 Å². The van der Waals surface area contributed by atoms with Crippen LogP contribution < -0.4 is 5.73 Å². The molecule has 0 heterocycles. The predicted octanol–water partition coefficient (Wildman–Crippen LogP) is 2.26. The van der Waals surface area contributed by atoms with Crippen molar-refractivity contribution >= 4 is 20.0 Å². The van der Waals surface area contributed by atoms with Gasteiger partial charge in [0.25, 0.3) is 0 Å². The lowest BCUT2D eigenvalue weighted by Crippen LogP contribution is -2.29. The topological polar surface area (TPSA) is 52.3 Å². The van der Waals surface area contributed by atoms with Gasteiger partial charge < -0.3 is 10.2 Å². The minimum atomic E-state index is -1.83. The van der Waals surface area contributed by atoms with E-state index in [1.165, 1.54) is 0 Å². The fraction of sp³-hybridized carbons (Fsp3) is 0.300. The van der Waals surface area contributed by atoms with E-state index in [1.54, 1.807) is 24.3 Å². The van der Waals surface area contributed by atoms with Crippen molar-refractivity contribution in [3.63, 3.8) is 0 Å². The van der Waals surface area contributed by atoms with Crippen LogP contribution in [-0.4, -0.2) is 14.3 Å². The minimum absolute atomic E-state index is 0.317. The number of carbonyl (C=O) groups is 1. The van der Waals surface area contributed by atoms with Gasteiger partial charge in [0.2, 0.25) is 8.32 Å². The number of anilines is 1. The van der Waals surface area contributed by atoms with E-state index in [9.17, 15) is 4.79 Å². The predicted molar refractivity (Wildman–Crippen MR) is 59.6 cm³/mol. The standard InChI is InChI=1S/C10H15NO2Si/c1-14(2,3)13-10(12)8-6-4-5-7-9(8)11/h4-7H,11H2,1-3H3. The average molecular weight is 209 g/mol. The van der Waals surface area contributed by atoms with E-state index in [2.05, 4.69) is 0 Å². The third-order valence-electron chi connectivity index (χ3n) is 1.58. The number of nitrogens with two attached hydrogens (primary N) is 1. The SMILES string of the molecule is C[Si](C)(C)OC(=O)c1ccccc1N. The van der Waals surface area contributed by atoms with Crippen molar-refractivity contribution in [2.75, 3.05) is 5.73 Å². The Hall–Kier alpha value is -1.29. The molecule has 0 bridgehead atoms. The van der Waals surface area contributed by atoms with Gasteiger partial charge in [0.1, 0.15) is 0 Å². The normalized spacial score (nSPS) is 11.1. The third-order valence-corrected chi connectivity index (χ3v) is 2.38. The second kappa shape index (κ2) is 3.83. The number of rotatable bonds is 2. The van der Waals surface area contributed by atoms with E-state index in [0.29, 0.717) is 11.3 Å². The number of benzene rings is 1. The van der Waals surface area contributed by atoms with Gasteiger partial charge in [-0.25, -0.2) is 4.79 Å². The van der Waals surface area contributed by atoms with Crippen molar-refractivity contribution in [3.05, 3.63) is 29.8 Å². The smallest absolute Gasteiger partial charge is 0.326 e. The van der Waals surface area contributed by atoms with Crippen LogP contribution in [0, 0.1) is 0 Å². The first-order chi connectivity index (χ1) is 6.40. The fourth-order valence-electron chi connectivity index (χ4n) is 1.02. The Bertz CT molecular complexity index is 344. The molecule has 0 radical (unpaired) electrons. The largest absolute Gasteiger partial charge is 0.516 e. The molecule has 1 aromatic carbocycles. The molecular weight excluding hydrogens is 194 g/mol. The van der Waals surface area contributed by atoms with Gasteiger partial charge in [0.05, 0.1) is 5.56 Å². The van der Waals surface area contributed by atoms with Gasteiger partial charge in [0.15, 0.2) is 0 Å². The molecule has 1 rings (SSSR count). The van der Waals surface area contributed by atoms with Crippen LogP contribution >= 0.6 is 0 Å². The highest BCUT2D eigenvalue weighted by Crippen LogP contribution is 2.14. The van der Waals surface area contributed by atoms with E-state index >= 15 is 0 Å². The molecule has 0 unspecified atom stereocenters. The van der Waals surface area contributed by atoms with Crippen molar-refractivity contribution in [2.24, 2.45) is 0 Å². The summed E-state index contributed by atoms with van der Waals surface area (Å²) < 4.78 is 5.32. The molecule has 0 aliphatic carbocycles. The van der Waals surface area contributed by atoms with Crippen LogP contribution in [0.15, 0.2) is 24.3 Å². The molecule has 4 heteroatoms. The molecule has 0 atom stereocenters. The zero-order valence-electron chi connectivity index (χ0n) is 8.70. The summed E-state index contributed by atoms with van der Waals surface area (Å²) in [5.74, 6) is -0.317. The second-order valence-electron chi connectivity index (χ2n) is 4.09. The van der Waals surface area contributed by atoms with Crippen LogP contribution in [0.25, 0.3) is 0 Å². The van der Waals surface area contributed by atoms with Crippen molar-refractivity contribution in [3.8, 4) is 0 Å². The summed E-state index contributed by atoms with van der Waals surface area (Å²) in [6.45, 7) is 5.89. The van der Waals surface area contributed by atoms with Crippen LogP contribution in [0.3, 0.4) is 0 Å². The molecule has 0 aromatic heterocycles. The first kappa shape index (κ1) is 10.8. The molecule has 0 amide bonds. The number of hydrogen-bond donors (Lipinski definition) is 1. The van der Waals surface area contributed by atoms with Crippen LogP contribution in [0.1, 0.15) is 10.4 Å². The Labute approximate surface area is 85.0 Å². The molecule has 0 saturated heterocycles. The van der Waals surface area contributed by atoms with E-state index in [-0.39, 0.29) is 5.97 Å². The van der Waals surface area contributed by atoms with Gasteiger partial charge in [-0.15, -0.1) is 0 Å². The summed E-state index contributed by atoms with van der Waals surface area (Å²) in [7, 11) is -1.83. The molecule has 0 aliphatic heterocycles. The third kappa shape index (κ3) is 2.88. The minimum Gasteiger partial charge on any atom is -0.516 e. The van der Waals surface area contributed by atoms with Crippen molar-refractivity contribution in [1.29, 1.82) is 0 Å². The fourth-order valence-corrected chi connectivity index (χ4v) is 1.68. The average Bonchev–Trinajstić information content (AvgIpc) is 2.01. The molecule has 76 valence electrons. The molecule has 0 aliphatic rings. The Morgan fingerprint density at radius 3 is 2.36 bits per heavy atom. The Morgan fingerprint density at radius 2 is 1.86 bits per heavy atom. The van der Waals surface area contributed by atoms with Gasteiger partial charge in [0, 0.05) is 5.69 Å². The summed E-state index contributed by atoms with van der Waals surface area (Å²) in [5, 5.41) is 0. The first-order valence-electron chi connectivity index (χ1n) is 4.48. The highest BCUT2D eigenvalue weighted by atomic mass is 28.4. The molecule has 14 heavy (non-hydrogen) atoms. The Morgan fingerprint density at radius 1 is 1.29 bits per heavy atom. The molecule has 0 fully saturated rings. The molecule has 3 nitrogen and oxygen atoms in total. The van der Waals surface area contributed by atoms with E-state index in [4.69, 9.17) is 10.2 Å². The van der Waals surface area contributed by atoms with Crippen LogP contribution in [0.5, 0.6) is 0 Å². The lowest BCUT2D eigenvalue weighted by Gasteiger charge is -2.17. The first-order valence-corrected chi connectivity index (χ1v) is 7.89. The summed E-state index contributed by atoms with van der Waals surface area (Å²) in [6, 6.07) is 6.94. The lowest BCUT2D eigenvalue weighted by atomic mass is 10.2. The van der Waals surface area contributed by atoms with Crippen molar-refractivity contribution in [1.82, 2.24) is 0 Å². The number of carbonyl (C=O) groups excluding carboxylic acids is 1. The second-order valence-corrected chi connectivity index (χ2v) is 8.52. The van der Waals surface area contributed by atoms with Gasteiger partial charge in [-0.3, -0.25) is 0 Å². The summed E-state index contributed by atoms with van der Waals surface area (Å²) in [5.41, 5.74) is 6.58. The molecule has 0 spiro atoms. The van der Waals surface area contributed by atoms with Gasteiger partial charge in [-0.2, -0.15) is 0 Å². The van der Waals surface area contributed by atoms with Gasteiger partial charge in [-0.1, -0.05) is 12.1 Å². The van der Waals surface area contributed by atoms with Gasteiger partial charge >= 0.3 is 5.97 Å². The lowest BCUT2D eigenvalue weighted by molar-refractivity contribution is 0.0726. The molecule has 2 N–H and O–H groups in total. The maximum atomic E-state index is 11.6. The van der Waals surface area contributed by atoms with Crippen molar-refractivity contribution < 1.29 is 9.22 Å². The molecule has 1 aromatic rings. The summed E-state index contributed by atoms with van der Waals surface area (Å²) >= 11 is 0. The molecule has 0 saturated carbocycles. The maximum Gasteiger partial charge on any atom is 0.326 e. The monoisotopic (exact) mass is 209 g/mol. The molecular formula is C10H15NO2Si. The number of para-hydroxylation sites is 1. The van der Waals surface area contributed by atoms with E-state index in [0.717, 1.165) is 0 Å². The highest BCUT2D eigenvalue weighted by Gasteiger charge is 2.21. The maximum absolute atomic E-state index is 11.6. The summed E-state index contributed by atoms with van der Waals surface area (Å²) in [6.07, 6.45) is 0. The quantitative estimate of drug-likeness (QED) is 0.600. The van der Waals surface area contributed by atoms with Gasteiger partial charge in [-0.05, 0) is 31.8 Å². The highest BCUT2D eigenvalue weighted by molar-refractivity contribution is 6.71. The zero-order chi connectivity index (χ0) is 10.8. The number of hydrogen-bond acceptors (Lipinski definition) is 3. The summed E-state index contributed by atoms with van der Waals surface area (Å²) in [4.78, 5) is 11.6. The van der Waals surface area contributed by atoms with Crippen molar-refractivity contribution in [2.45, 2.75) is 19.6 Å². The zero-order valence-corrected chi connectivity index (χ0v) is 9.70. The van der Waals surface area contributed by atoms with Crippen LogP contribution in [0.4, 0.5) is 5.69 Å². The number of nitrogen functional groups attached to an aromatic ring is 1.